The number of hydrogen-bond acceptors (Lipinski definition) is 3. The van der Waals surface area contributed by atoms with Gasteiger partial charge in [-0.2, -0.15) is 11.8 Å². The van der Waals surface area contributed by atoms with Crippen molar-refractivity contribution >= 4 is 11.8 Å². The molecule has 2 atom stereocenters. The van der Waals surface area contributed by atoms with Crippen molar-refractivity contribution in [2.75, 3.05) is 5.75 Å². The predicted molar refractivity (Wildman–Crippen MR) is 51.1 cm³/mol. The zero-order valence-electron chi connectivity index (χ0n) is 6.90. The largest absolute Gasteiger partial charge is 0.472 e. The Labute approximate surface area is 76.5 Å². The first-order valence-electron chi connectivity index (χ1n) is 4.27. The molecule has 3 heteroatoms. The van der Waals surface area contributed by atoms with Gasteiger partial charge in [0.05, 0.1) is 12.5 Å². The van der Waals surface area contributed by atoms with Gasteiger partial charge in [-0.3, -0.25) is 0 Å². The fourth-order valence-electron chi connectivity index (χ4n) is 1.57. The summed E-state index contributed by atoms with van der Waals surface area (Å²) in [6.45, 7) is 0. The second-order valence-corrected chi connectivity index (χ2v) is 4.48. The zero-order chi connectivity index (χ0) is 8.39. The molecule has 2 unspecified atom stereocenters. The molecule has 0 amide bonds. The SMILES string of the molecule is NC(c1ccoc1)C1CCCS1. The van der Waals surface area contributed by atoms with E-state index < -0.39 is 0 Å². The third kappa shape index (κ3) is 1.52. The highest BCUT2D eigenvalue weighted by Gasteiger charge is 2.24. The normalized spacial score (nSPS) is 25.9. The molecule has 2 nitrogen and oxygen atoms in total. The average molecular weight is 183 g/mol. The molecule has 0 bridgehead atoms. The van der Waals surface area contributed by atoms with E-state index in [9.17, 15) is 0 Å². The van der Waals surface area contributed by atoms with Crippen LogP contribution in [0.4, 0.5) is 0 Å². The maximum absolute atomic E-state index is 6.06. The number of hydrogen-bond donors (Lipinski definition) is 1. The minimum absolute atomic E-state index is 0.163. The van der Waals surface area contributed by atoms with Gasteiger partial charge in [0.2, 0.25) is 0 Å². The third-order valence-corrected chi connectivity index (χ3v) is 3.77. The Bertz CT molecular complexity index is 229. The second kappa shape index (κ2) is 3.54. The zero-order valence-corrected chi connectivity index (χ0v) is 7.72. The van der Waals surface area contributed by atoms with Gasteiger partial charge in [-0.25, -0.2) is 0 Å². The summed E-state index contributed by atoms with van der Waals surface area (Å²) in [4.78, 5) is 0. The van der Waals surface area contributed by atoms with Crippen LogP contribution in [-0.4, -0.2) is 11.0 Å². The van der Waals surface area contributed by atoms with E-state index in [1.807, 2.05) is 17.8 Å². The highest BCUT2D eigenvalue weighted by molar-refractivity contribution is 8.00. The van der Waals surface area contributed by atoms with Gasteiger partial charge < -0.3 is 10.2 Å². The first kappa shape index (κ1) is 8.20. The fourth-order valence-corrected chi connectivity index (χ4v) is 2.90. The van der Waals surface area contributed by atoms with Crippen LogP contribution < -0.4 is 5.73 Å². The molecule has 1 saturated heterocycles. The molecule has 0 saturated carbocycles. The van der Waals surface area contributed by atoms with Crippen molar-refractivity contribution in [3.63, 3.8) is 0 Å². The first-order valence-corrected chi connectivity index (χ1v) is 5.32. The van der Waals surface area contributed by atoms with Crippen molar-refractivity contribution in [2.24, 2.45) is 5.73 Å². The van der Waals surface area contributed by atoms with E-state index in [1.54, 1.807) is 12.5 Å². The summed E-state index contributed by atoms with van der Waals surface area (Å²) in [6.07, 6.45) is 6.00. The van der Waals surface area contributed by atoms with Crippen LogP contribution in [0.2, 0.25) is 0 Å². The second-order valence-electron chi connectivity index (χ2n) is 3.13. The summed E-state index contributed by atoms with van der Waals surface area (Å²) in [5.74, 6) is 1.26. The predicted octanol–water partition coefficient (Wildman–Crippen LogP) is 2.17. The lowest BCUT2D eigenvalue weighted by Crippen LogP contribution is -2.20. The lowest BCUT2D eigenvalue weighted by atomic mass is 10.1. The number of thioether (sulfide) groups is 1. The highest BCUT2D eigenvalue weighted by Crippen LogP contribution is 2.34. The Morgan fingerprint density at radius 2 is 2.58 bits per heavy atom. The molecule has 0 aromatic carbocycles. The monoisotopic (exact) mass is 183 g/mol. The molecular formula is C9H13NOS. The molecule has 1 aliphatic rings. The van der Waals surface area contributed by atoms with Gasteiger partial charge in [-0.1, -0.05) is 0 Å². The van der Waals surface area contributed by atoms with Crippen LogP contribution in [0.25, 0.3) is 0 Å². The van der Waals surface area contributed by atoms with Crippen molar-refractivity contribution in [3.8, 4) is 0 Å². The standard InChI is InChI=1S/C9H13NOS/c10-9(7-3-4-11-6-7)8-2-1-5-12-8/h3-4,6,8-9H,1-2,5,10H2. The number of nitrogens with two attached hydrogens (primary N) is 1. The van der Waals surface area contributed by atoms with E-state index >= 15 is 0 Å². The Balaban J connectivity index is 2.04. The van der Waals surface area contributed by atoms with Crippen molar-refractivity contribution in [2.45, 2.75) is 24.1 Å². The van der Waals surface area contributed by atoms with Crippen LogP contribution in [-0.2, 0) is 0 Å². The van der Waals surface area contributed by atoms with Crippen LogP contribution in [0.5, 0.6) is 0 Å². The van der Waals surface area contributed by atoms with E-state index in [0.717, 1.165) is 5.56 Å². The smallest absolute Gasteiger partial charge is 0.0950 e. The van der Waals surface area contributed by atoms with E-state index in [-0.39, 0.29) is 6.04 Å². The highest BCUT2D eigenvalue weighted by atomic mass is 32.2. The van der Waals surface area contributed by atoms with E-state index in [2.05, 4.69) is 0 Å². The molecule has 2 rings (SSSR count). The summed E-state index contributed by atoms with van der Waals surface area (Å²) in [6, 6.07) is 2.13. The van der Waals surface area contributed by atoms with Gasteiger partial charge in [0.15, 0.2) is 0 Å². The molecule has 0 spiro atoms. The molecule has 1 aromatic heterocycles. The first-order chi connectivity index (χ1) is 5.88. The summed E-state index contributed by atoms with van der Waals surface area (Å²) in [5, 5.41) is 0.600. The number of furan rings is 1. The molecule has 1 fully saturated rings. The summed E-state index contributed by atoms with van der Waals surface area (Å²) >= 11 is 1.98. The fraction of sp³-hybridized carbons (Fsp3) is 0.556. The van der Waals surface area contributed by atoms with Crippen LogP contribution in [0.15, 0.2) is 23.0 Å². The van der Waals surface area contributed by atoms with Crippen molar-refractivity contribution in [1.82, 2.24) is 0 Å². The van der Waals surface area contributed by atoms with Gasteiger partial charge in [-0.15, -0.1) is 0 Å². The van der Waals surface area contributed by atoms with Gasteiger partial charge in [-0.05, 0) is 24.7 Å². The molecule has 1 aliphatic heterocycles. The lowest BCUT2D eigenvalue weighted by Gasteiger charge is -2.15. The maximum Gasteiger partial charge on any atom is 0.0950 e. The number of rotatable bonds is 2. The molecule has 1 aromatic rings. The molecule has 0 aliphatic carbocycles. The van der Waals surface area contributed by atoms with Gasteiger partial charge in [0.25, 0.3) is 0 Å². The summed E-state index contributed by atoms with van der Waals surface area (Å²) in [7, 11) is 0. The molecule has 0 radical (unpaired) electrons. The molecule has 66 valence electrons. The summed E-state index contributed by atoms with van der Waals surface area (Å²) < 4.78 is 5.01. The topological polar surface area (TPSA) is 39.2 Å². The average Bonchev–Trinajstić information content (AvgIpc) is 2.77. The molecule has 2 N–H and O–H groups in total. The molecule has 2 heterocycles. The quantitative estimate of drug-likeness (QED) is 0.763. The Kier molecular flexibility index (Phi) is 2.42. The van der Waals surface area contributed by atoms with Crippen LogP contribution >= 0.6 is 11.8 Å². The Hall–Kier alpha value is -0.410. The third-order valence-electron chi connectivity index (χ3n) is 2.29. The Morgan fingerprint density at radius 1 is 1.67 bits per heavy atom. The lowest BCUT2D eigenvalue weighted by molar-refractivity contribution is 0.554. The van der Waals surface area contributed by atoms with Crippen LogP contribution in [0.3, 0.4) is 0 Å². The van der Waals surface area contributed by atoms with E-state index in [4.69, 9.17) is 10.2 Å². The summed E-state index contributed by atoms with van der Waals surface area (Å²) in [5.41, 5.74) is 7.20. The molecule has 12 heavy (non-hydrogen) atoms. The van der Waals surface area contributed by atoms with Gasteiger partial charge in [0.1, 0.15) is 0 Å². The molecular weight excluding hydrogens is 170 g/mol. The van der Waals surface area contributed by atoms with E-state index in [0.29, 0.717) is 5.25 Å². The van der Waals surface area contributed by atoms with Crippen LogP contribution in [0.1, 0.15) is 24.4 Å². The van der Waals surface area contributed by atoms with Gasteiger partial charge in [0, 0.05) is 16.9 Å². The minimum atomic E-state index is 0.163. The van der Waals surface area contributed by atoms with Crippen molar-refractivity contribution < 1.29 is 4.42 Å². The van der Waals surface area contributed by atoms with Crippen LogP contribution in [0, 0.1) is 0 Å². The maximum atomic E-state index is 6.06. The van der Waals surface area contributed by atoms with E-state index in [1.165, 1.54) is 18.6 Å². The van der Waals surface area contributed by atoms with Crippen molar-refractivity contribution in [1.29, 1.82) is 0 Å². The van der Waals surface area contributed by atoms with Gasteiger partial charge >= 0.3 is 0 Å². The Morgan fingerprint density at radius 3 is 3.17 bits per heavy atom. The minimum Gasteiger partial charge on any atom is -0.472 e. The van der Waals surface area contributed by atoms with Crippen molar-refractivity contribution in [3.05, 3.63) is 24.2 Å².